The third-order valence-electron chi connectivity index (χ3n) is 22.7. The fraction of sp³-hybridized carbons (Fsp3) is 1.00. The summed E-state index contributed by atoms with van der Waals surface area (Å²) in [7, 11) is 0. The number of hydrogen-bond donors (Lipinski definition) is 4. The first-order valence-electron chi connectivity index (χ1n) is 28.7. The molecule has 0 aromatic rings. The van der Waals surface area contributed by atoms with E-state index in [1.54, 1.807) is 25.7 Å². The number of likely N-dealkylation sites (tertiary alicyclic amines) is 4. The van der Waals surface area contributed by atoms with Crippen molar-refractivity contribution >= 4 is 0 Å². The Bertz CT molecular complexity index is 1500. The second kappa shape index (κ2) is 18.0. The maximum absolute atomic E-state index is 4.15. The van der Waals surface area contributed by atoms with Crippen molar-refractivity contribution in [2.75, 3.05) is 39.3 Å². The van der Waals surface area contributed by atoms with Gasteiger partial charge in [0.25, 0.3) is 0 Å². The number of fused-ring (bicyclic) bond motifs is 9. The quantitative estimate of drug-likeness (QED) is 0.215. The van der Waals surface area contributed by atoms with Gasteiger partial charge in [-0.05, 0) is 163 Å². The second-order valence-electron chi connectivity index (χ2n) is 25.1. The molecule has 7 aliphatic carbocycles. The molecule has 8 nitrogen and oxygen atoms in total. The molecule has 18 atom stereocenters. The van der Waals surface area contributed by atoms with Crippen LogP contribution in [0.2, 0.25) is 0 Å². The summed E-state index contributed by atoms with van der Waals surface area (Å²) in [5, 5.41) is 16.5. The minimum absolute atomic E-state index is 0.564. The fourth-order valence-corrected chi connectivity index (χ4v) is 20.3. The summed E-state index contributed by atoms with van der Waals surface area (Å²) < 4.78 is 0. The van der Waals surface area contributed by atoms with Crippen molar-refractivity contribution < 1.29 is 0 Å². The zero-order valence-electron chi connectivity index (χ0n) is 39.4. The molecule has 62 heavy (non-hydrogen) atoms. The third-order valence-corrected chi connectivity index (χ3v) is 22.7. The fourth-order valence-electron chi connectivity index (χ4n) is 20.3. The first-order chi connectivity index (χ1) is 30.7. The van der Waals surface area contributed by atoms with Crippen molar-refractivity contribution in [2.45, 2.75) is 253 Å². The van der Waals surface area contributed by atoms with Crippen LogP contribution in [0.1, 0.15) is 180 Å². The lowest BCUT2D eigenvalue weighted by molar-refractivity contribution is -0.0165. The number of hydrogen-bond acceptors (Lipinski definition) is 8. The summed E-state index contributed by atoms with van der Waals surface area (Å²) in [6.45, 7) is 7.42. The van der Waals surface area contributed by atoms with E-state index in [9.17, 15) is 0 Å². The highest BCUT2D eigenvalue weighted by Crippen LogP contribution is 2.61. The van der Waals surface area contributed by atoms with Crippen LogP contribution in [0.25, 0.3) is 0 Å². The summed E-state index contributed by atoms with van der Waals surface area (Å²) in [6, 6.07) is 8.39. The predicted octanol–water partition coefficient (Wildman–Crippen LogP) is 7.92. The van der Waals surface area contributed by atoms with E-state index in [0.717, 1.165) is 95.7 Å². The van der Waals surface area contributed by atoms with Gasteiger partial charge in [0.1, 0.15) is 0 Å². The Morgan fingerprint density at radius 2 is 0.823 bits per heavy atom. The van der Waals surface area contributed by atoms with Gasteiger partial charge in [-0.15, -0.1) is 0 Å². The van der Waals surface area contributed by atoms with Crippen LogP contribution in [-0.4, -0.2) is 132 Å². The highest BCUT2D eigenvalue weighted by molar-refractivity contribution is 5.18. The summed E-state index contributed by atoms with van der Waals surface area (Å²) in [6.07, 6.45) is 42.9. The van der Waals surface area contributed by atoms with Crippen molar-refractivity contribution in [2.24, 2.45) is 47.3 Å². The van der Waals surface area contributed by atoms with Crippen LogP contribution in [0.4, 0.5) is 0 Å². The molecular formula is C54H92N8. The van der Waals surface area contributed by atoms with Crippen LogP contribution < -0.4 is 21.3 Å². The SMILES string of the molecule is C1CCC(C2CNC(N3CCC4CC(N5C6CCCCC6C6C5CCC5C7CCCCC7N(C7CCC8C(CCN8C8CNC(C9CCCCC9)CN8)C7)C56)CCC43)CN2)CC1. The molecular weight excluding hydrogens is 761 g/mol. The van der Waals surface area contributed by atoms with Gasteiger partial charge in [0, 0.05) is 99.7 Å². The van der Waals surface area contributed by atoms with Gasteiger partial charge in [-0.2, -0.15) is 0 Å². The Balaban J connectivity index is 0.690. The Hall–Kier alpha value is -0.320. The van der Waals surface area contributed by atoms with Crippen molar-refractivity contribution in [1.82, 2.24) is 40.9 Å². The molecule has 18 unspecified atom stereocenters. The second-order valence-corrected chi connectivity index (χ2v) is 25.1. The largest absolute Gasteiger partial charge is 0.310 e. The van der Waals surface area contributed by atoms with Crippen molar-refractivity contribution in [1.29, 1.82) is 0 Å². The van der Waals surface area contributed by atoms with Crippen LogP contribution in [0.5, 0.6) is 0 Å². The monoisotopic (exact) mass is 853 g/mol. The smallest absolute Gasteiger partial charge is 0.0728 e. The van der Waals surface area contributed by atoms with E-state index in [4.69, 9.17) is 0 Å². The number of nitrogens with zero attached hydrogens (tertiary/aromatic N) is 4. The summed E-state index contributed by atoms with van der Waals surface area (Å²) in [5.41, 5.74) is 0. The lowest BCUT2D eigenvalue weighted by atomic mass is 9.64. The number of piperazine rings is 2. The van der Waals surface area contributed by atoms with Crippen molar-refractivity contribution in [3.05, 3.63) is 0 Å². The van der Waals surface area contributed by atoms with E-state index in [-0.39, 0.29) is 0 Å². The molecule has 0 radical (unpaired) electrons. The van der Waals surface area contributed by atoms with Gasteiger partial charge in [-0.25, -0.2) is 0 Å². The molecule has 0 amide bonds. The summed E-state index contributed by atoms with van der Waals surface area (Å²) in [5.74, 6) is 7.64. The van der Waals surface area contributed by atoms with Crippen LogP contribution in [-0.2, 0) is 0 Å². The number of nitrogens with one attached hydrogen (secondary N) is 4. The highest BCUT2D eigenvalue weighted by atomic mass is 15.4. The molecule has 6 heterocycles. The van der Waals surface area contributed by atoms with E-state index in [0.29, 0.717) is 24.4 Å². The van der Waals surface area contributed by atoms with Crippen molar-refractivity contribution in [3.63, 3.8) is 0 Å². The van der Waals surface area contributed by atoms with Crippen LogP contribution in [0.15, 0.2) is 0 Å². The van der Waals surface area contributed by atoms with Gasteiger partial charge in [0.2, 0.25) is 0 Å². The molecule has 13 rings (SSSR count). The maximum atomic E-state index is 4.15. The van der Waals surface area contributed by atoms with Crippen molar-refractivity contribution in [3.8, 4) is 0 Å². The maximum Gasteiger partial charge on any atom is 0.0728 e. The zero-order valence-corrected chi connectivity index (χ0v) is 39.4. The highest BCUT2D eigenvalue weighted by Gasteiger charge is 2.64. The third kappa shape index (κ3) is 7.40. The minimum Gasteiger partial charge on any atom is -0.310 e. The molecule has 13 aliphatic rings. The van der Waals surface area contributed by atoms with Gasteiger partial charge in [-0.1, -0.05) is 64.2 Å². The van der Waals surface area contributed by atoms with Gasteiger partial charge in [0.15, 0.2) is 0 Å². The summed E-state index contributed by atoms with van der Waals surface area (Å²) in [4.78, 5) is 12.8. The topological polar surface area (TPSA) is 61.1 Å². The Morgan fingerprint density at radius 1 is 0.323 bits per heavy atom. The standard InChI is InChI=1S/C54H92N8/c1-3-11-35(12-4-1)44-31-57-51(33-55-44)59-27-25-37-29-39(19-22-46(37)59)61-49-18-10-8-16-43(49)53-50(61)24-21-42-41-15-7-9-17-48(41)62(54(42)53)40-20-23-47-38(30-40)26-28-60(47)52-34-56-45(32-58-52)36-13-5-2-6-14-36/h35-58H,1-34H2. The van der Waals surface area contributed by atoms with Gasteiger partial charge in [0.05, 0.1) is 12.3 Å². The molecule has 13 fully saturated rings. The average molecular weight is 853 g/mol. The first-order valence-corrected chi connectivity index (χ1v) is 28.7. The van der Waals surface area contributed by atoms with E-state index in [1.165, 1.54) is 193 Å². The normalized spacial score (nSPS) is 51.3. The average Bonchev–Trinajstić information content (AvgIpc) is 4.13. The molecule has 0 aromatic carbocycles. The lowest BCUT2D eigenvalue weighted by Crippen LogP contribution is -2.64. The van der Waals surface area contributed by atoms with Crippen LogP contribution >= 0.6 is 0 Å². The van der Waals surface area contributed by atoms with E-state index < -0.39 is 0 Å². The molecule has 348 valence electrons. The molecule has 0 bridgehead atoms. The molecule has 6 aliphatic heterocycles. The Kier molecular flexibility index (Phi) is 12.1. The molecule has 8 heteroatoms. The minimum atomic E-state index is 0.564. The molecule has 6 saturated heterocycles. The Morgan fingerprint density at radius 3 is 1.39 bits per heavy atom. The van der Waals surface area contributed by atoms with E-state index in [2.05, 4.69) is 40.9 Å². The van der Waals surface area contributed by atoms with E-state index in [1.807, 2.05) is 0 Å². The van der Waals surface area contributed by atoms with Crippen LogP contribution in [0, 0.1) is 47.3 Å². The van der Waals surface area contributed by atoms with Gasteiger partial charge < -0.3 is 10.6 Å². The summed E-state index contributed by atoms with van der Waals surface area (Å²) >= 11 is 0. The van der Waals surface area contributed by atoms with Gasteiger partial charge in [-0.3, -0.25) is 30.2 Å². The zero-order chi connectivity index (χ0) is 40.7. The predicted molar refractivity (Wildman–Crippen MR) is 252 cm³/mol. The Labute approximate surface area is 378 Å². The molecule has 4 N–H and O–H groups in total. The first kappa shape index (κ1) is 41.8. The van der Waals surface area contributed by atoms with Gasteiger partial charge >= 0.3 is 0 Å². The van der Waals surface area contributed by atoms with Crippen LogP contribution in [0.3, 0.4) is 0 Å². The lowest BCUT2D eigenvalue weighted by Gasteiger charge is -2.51. The molecule has 0 spiro atoms. The molecule has 7 saturated carbocycles. The number of rotatable bonds is 6. The van der Waals surface area contributed by atoms with E-state index >= 15 is 0 Å². The molecule has 0 aromatic heterocycles.